The largest absolute Gasteiger partial charge is 0.348 e. The molecule has 0 radical (unpaired) electrons. The maximum absolute atomic E-state index is 12.2. The first-order chi connectivity index (χ1) is 11.2. The van der Waals surface area contributed by atoms with Gasteiger partial charge in [-0.1, -0.05) is 6.92 Å². The highest BCUT2D eigenvalue weighted by atomic mass is 16.2. The Morgan fingerprint density at radius 3 is 2.52 bits per heavy atom. The fourth-order valence-corrected chi connectivity index (χ4v) is 2.75. The molecule has 1 aliphatic heterocycles. The molecule has 2 aromatic rings. The Kier molecular flexibility index (Phi) is 4.55. The van der Waals surface area contributed by atoms with Gasteiger partial charge in [0.25, 0.3) is 5.91 Å². The number of piperidine rings is 1. The first-order valence-corrected chi connectivity index (χ1v) is 8.00. The Morgan fingerprint density at radius 1 is 1.26 bits per heavy atom. The molecule has 0 aromatic carbocycles. The van der Waals surface area contributed by atoms with Crippen LogP contribution in [-0.2, 0) is 13.5 Å². The van der Waals surface area contributed by atoms with E-state index >= 15 is 0 Å². The summed E-state index contributed by atoms with van der Waals surface area (Å²) in [7, 11) is 1.82. The molecule has 0 spiro atoms. The zero-order valence-electron chi connectivity index (χ0n) is 13.6. The van der Waals surface area contributed by atoms with Gasteiger partial charge >= 0.3 is 0 Å². The van der Waals surface area contributed by atoms with Crippen molar-refractivity contribution in [3.8, 4) is 0 Å². The van der Waals surface area contributed by atoms with E-state index in [1.165, 1.54) is 0 Å². The lowest BCUT2D eigenvalue weighted by atomic mass is 10.1. The number of carbonyl (C=O) groups is 1. The minimum atomic E-state index is -0.0630. The smallest absolute Gasteiger partial charge is 0.269 e. The number of amides is 1. The SMILES string of the molecule is CCc1cnc(N2CCC(NC(=O)c3cncn3C)CC2)nc1. The average molecular weight is 314 g/mol. The number of aryl methyl sites for hydroxylation is 2. The molecule has 0 atom stereocenters. The van der Waals surface area contributed by atoms with Crippen LogP contribution in [0.2, 0.25) is 0 Å². The molecule has 1 fully saturated rings. The number of carbonyl (C=O) groups excluding carboxylic acids is 1. The van der Waals surface area contributed by atoms with Gasteiger partial charge in [0.15, 0.2) is 0 Å². The van der Waals surface area contributed by atoms with Gasteiger partial charge in [0.05, 0.1) is 12.5 Å². The van der Waals surface area contributed by atoms with Crippen molar-refractivity contribution in [2.75, 3.05) is 18.0 Å². The molecule has 2 aromatic heterocycles. The van der Waals surface area contributed by atoms with Gasteiger partial charge in [-0.2, -0.15) is 0 Å². The third-order valence-electron chi connectivity index (χ3n) is 4.26. The van der Waals surface area contributed by atoms with Crippen LogP contribution in [0.15, 0.2) is 24.9 Å². The van der Waals surface area contributed by atoms with E-state index in [1.54, 1.807) is 17.1 Å². The summed E-state index contributed by atoms with van der Waals surface area (Å²) in [6.07, 6.45) is 9.73. The van der Waals surface area contributed by atoms with Crippen LogP contribution in [0.3, 0.4) is 0 Å². The van der Waals surface area contributed by atoms with E-state index in [-0.39, 0.29) is 11.9 Å². The summed E-state index contributed by atoms with van der Waals surface area (Å²) in [6, 6.07) is 0.184. The number of rotatable bonds is 4. The predicted octanol–water partition coefficient (Wildman–Crippen LogP) is 1.17. The second-order valence-electron chi connectivity index (χ2n) is 5.87. The third-order valence-corrected chi connectivity index (χ3v) is 4.26. The standard InChI is InChI=1S/C16H22N6O/c1-3-12-8-18-16(19-9-12)22-6-4-13(5-7-22)20-15(23)14-10-17-11-21(14)2/h8-11,13H,3-7H2,1-2H3,(H,20,23). The van der Waals surface area contributed by atoms with E-state index in [2.05, 4.69) is 32.1 Å². The lowest BCUT2D eigenvalue weighted by Gasteiger charge is -2.32. The highest BCUT2D eigenvalue weighted by molar-refractivity contribution is 5.92. The van der Waals surface area contributed by atoms with Gasteiger partial charge in [-0.3, -0.25) is 4.79 Å². The van der Waals surface area contributed by atoms with Crippen molar-refractivity contribution in [3.63, 3.8) is 0 Å². The number of hydrogen-bond donors (Lipinski definition) is 1. The van der Waals surface area contributed by atoms with Gasteiger partial charge < -0.3 is 14.8 Å². The molecular weight excluding hydrogens is 292 g/mol. The molecule has 0 bridgehead atoms. The molecule has 7 heteroatoms. The number of anilines is 1. The molecule has 1 N–H and O–H groups in total. The van der Waals surface area contributed by atoms with E-state index in [1.807, 2.05) is 19.4 Å². The number of nitrogens with zero attached hydrogens (tertiary/aromatic N) is 5. The van der Waals surface area contributed by atoms with Crippen molar-refractivity contribution < 1.29 is 4.79 Å². The van der Waals surface area contributed by atoms with Crippen LogP contribution in [-0.4, -0.2) is 44.6 Å². The summed E-state index contributed by atoms with van der Waals surface area (Å²) >= 11 is 0. The monoisotopic (exact) mass is 314 g/mol. The highest BCUT2D eigenvalue weighted by Gasteiger charge is 2.23. The van der Waals surface area contributed by atoms with Crippen molar-refractivity contribution in [1.29, 1.82) is 0 Å². The van der Waals surface area contributed by atoms with E-state index < -0.39 is 0 Å². The van der Waals surface area contributed by atoms with Crippen LogP contribution in [0.5, 0.6) is 0 Å². The molecule has 0 aliphatic carbocycles. The van der Waals surface area contributed by atoms with Gasteiger partial charge in [0.1, 0.15) is 5.69 Å². The van der Waals surface area contributed by atoms with E-state index in [0.29, 0.717) is 5.69 Å². The zero-order valence-corrected chi connectivity index (χ0v) is 13.6. The van der Waals surface area contributed by atoms with E-state index in [9.17, 15) is 4.79 Å². The normalized spacial score (nSPS) is 15.7. The number of aromatic nitrogens is 4. The van der Waals surface area contributed by atoms with Crippen LogP contribution in [0.1, 0.15) is 35.8 Å². The lowest BCUT2D eigenvalue weighted by Crippen LogP contribution is -2.45. The molecule has 1 aliphatic rings. The van der Waals surface area contributed by atoms with Crippen molar-refractivity contribution in [1.82, 2.24) is 24.8 Å². The molecule has 7 nitrogen and oxygen atoms in total. The van der Waals surface area contributed by atoms with E-state index in [4.69, 9.17) is 0 Å². The van der Waals surface area contributed by atoms with Crippen LogP contribution in [0, 0.1) is 0 Å². The summed E-state index contributed by atoms with van der Waals surface area (Å²) in [5, 5.41) is 3.09. The second-order valence-corrected chi connectivity index (χ2v) is 5.87. The predicted molar refractivity (Wildman–Crippen MR) is 87.3 cm³/mol. The minimum Gasteiger partial charge on any atom is -0.348 e. The number of nitrogens with one attached hydrogen (secondary N) is 1. The summed E-state index contributed by atoms with van der Waals surface area (Å²) in [6.45, 7) is 3.79. The maximum atomic E-state index is 12.2. The van der Waals surface area contributed by atoms with Gasteiger partial charge in [-0.05, 0) is 24.8 Å². The van der Waals surface area contributed by atoms with Gasteiger partial charge in [0, 0.05) is 38.6 Å². The second kappa shape index (κ2) is 6.76. The Balaban J connectivity index is 1.54. The molecule has 1 amide bonds. The van der Waals surface area contributed by atoms with Gasteiger partial charge in [-0.25, -0.2) is 15.0 Å². The Labute approximate surface area is 135 Å². The summed E-state index contributed by atoms with van der Waals surface area (Å²) in [5.74, 6) is 0.714. The fraction of sp³-hybridized carbons (Fsp3) is 0.500. The maximum Gasteiger partial charge on any atom is 0.269 e. The molecule has 23 heavy (non-hydrogen) atoms. The van der Waals surface area contributed by atoms with Crippen molar-refractivity contribution in [2.45, 2.75) is 32.2 Å². The molecular formula is C16H22N6O. The van der Waals surface area contributed by atoms with Crippen LogP contribution < -0.4 is 10.2 Å². The third kappa shape index (κ3) is 3.49. The molecule has 0 unspecified atom stereocenters. The lowest BCUT2D eigenvalue weighted by molar-refractivity contribution is 0.0923. The Morgan fingerprint density at radius 2 is 1.96 bits per heavy atom. The number of imidazole rings is 1. The average Bonchev–Trinajstić information content (AvgIpc) is 3.02. The Hall–Kier alpha value is -2.44. The highest BCUT2D eigenvalue weighted by Crippen LogP contribution is 2.16. The molecule has 3 heterocycles. The Bertz CT molecular complexity index is 657. The van der Waals surface area contributed by atoms with E-state index in [0.717, 1.165) is 43.9 Å². The summed E-state index contributed by atoms with van der Waals surface area (Å²) in [5.41, 5.74) is 1.73. The summed E-state index contributed by atoms with van der Waals surface area (Å²) < 4.78 is 1.73. The molecule has 122 valence electrons. The first-order valence-electron chi connectivity index (χ1n) is 8.00. The van der Waals surface area contributed by atoms with Crippen molar-refractivity contribution >= 4 is 11.9 Å². The van der Waals surface area contributed by atoms with Crippen molar-refractivity contribution in [3.05, 3.63) is 36.2 Å². The van der Waals surface area contributed by atoms with Crippen LogP contribution in [0.25, 0.3) is 0 Å². The molecule has 3 rings (SSSR count). The zero-order chi connectivity index (χ0) is 16.2. The number of hydrogen-bond acceptors (Lipinski definition) is 5. The van der Waals surface area contributed by atoms with Gasteiger partial charge in [-0.15, -0.1) is 0 Å². The van der Waals surface area contributed by atoms with Crippen molar-refractivity contribution in [2.24, 2.45) is 7.05 Å². The quantitative estimate of drug-likeness (QED) is 0.917. The topological polar surface area (TPSA) is 75.9 Å². The fourth-order valence-electron chi connectivity index (χ4n) is 2.75. The minimum absolute atomic E-state index is 0.0630. The van der Waals surface area contributed by atoms with Crippen LogP contribution in [0.4, 0.5) is 5.95 Å². The molecule has 1 saturated heterocycles. The molecule has 0 saturated carbocycles. The first kappa shape index (κ1) is 15.5. The summed E-state index contributed by atoms with van der Waals surface area (Å²) in [4.78, 5) is 27.2. The van der Waals surface area contributed by atoms with Gasteiger partial charge in [0.2, 0.25) is 5.95 Å². The van der Waals surface area contributed by atoms with Crippen LogP contribution >= 0.6 is 0 Å².